The van der Waals surface area contributed by atoms with Crippen molar-refractivity contribution in [1.29, 1.82) is 0 Å². The molecule has 85 heavy (non-hydrogen) atoms. The number of rotatable bonds is 23. The summed E-state index contributed by atoms with van der Waals surface area (Å²) in [5, 5.41) is 6.14. The van der Waals surface area contributed by atoms with E-state index in [1.807, 2.05) is 6.92 Å². The van der Waals surface area contributed by atoms with Gasteiger partial charge in [0, 0.05) is 16.2 Å². The molecule has 25 nitrogen and oxygen atoms in total. The summed E-state index contributed by atoms with van der Waals surface area (Å²) in [5.41, 5.74) is 11.4. The number of nitrogen functional groups attached to an aromatic ring is 2. The zero-order valence-corrected chi connectivity index (χ0v) is 53.6. The first-order valence-corrected chi connectivity index (χ1v) is 33.9. The second-order valence-electron chi connectivity index (χ2n) is 26.9. The number of nitrogens with zero attached hydrogens (tertiary/aromatic N) is 8. The molecule has 4 heterocycles. The van der Waals surface area contributed by atoms with Crippen LogP contribution in [0.25, 0.3) is 22.3 Å². The summed E-state index contributed by atoms with van der Waals surface area (Å²) >= 11 is 5.93. The predicted octanol–water partition coefficient (Wildman–Crippen LogP) is 9.36. The number of imidazole rings is 2. The van der Waals surface area contributed by atoms with E-state index in [9.17, 15) is 23.5 Å². The summed E-state index contributed by atoms with van der Waals surface area (Å²) < 4.78 is 57.6. The minimum absolute atomic E-state index is 0. The quantitative estimate of drug-likeness (QED) is 0.0157. The van der Waals surface area contributed by atoms with Crippen molar-refractivity contribution >= 4 is 78.5 Å². The Morgan fingerprint density at radius 1 is 0.588 bits per heavy atom. The lowest BCUT2D eigenvalue weighted by Crippen LogP contribution is -2.54. The van der Waals surface area contributed by atoms with Crippen molar-refractivity contribution in [3.63, 3.8) is 0 Å². The van der Waals surface area contributed by atoms with E-state index < -0.39 is 61.5 Å². The molecule has 0 unspecified atom stereocenters. The van der Waals surface area contributed by atoms with Crippen LogP contribution < -0.4 is 27.8 Å². The molecule has 9 saturated carbocycles. The number of nitrogens with two attached hydrogens (primary N) is 2. The number of aromatic nitrogens is 8. The smallest absolute Gasteiger partial charge is 0.350 e. The van der Waals surface area contributed by atoms with Gasteiger partial charge in [0.05, 0.1) is 57.8 Å². The maximum atomic E-state index is 14.9. The highest BCUT2D eigenvalue weighted by Gasteiger charge is 2.48. The van der Waals surface area contributed by atoms with Gasteiger partial charge in [0.1, 0.15) is 52.3 Å². The summed E-state index contributed by atoms with van der Waals surface area (Å²) in [5.74, 6) is 1.87. The van der Waals surface area contributed by atoms with E-state index in [0.717, 1.165) is 56.3 Å². The van der Waals surface area contributed by atoms with E-state index in [0.29, 0.717) is 55.2 Å². The highest BCUT2D eigenvalue weighted by molar-refractivity contribution is 7.59. The Morgan fingerprint density at radius 2 is 0.906 bits per heavy atom. The van der Waals surface area contributed by atoms with Crippen molar-refractivity contribution in [2.24, 2.45) is 34.0 Å². The van der Waals surface area contributed by atoms with Gasteiger partial charge in [-0.3, -0.25) is 23.5 Å². The number of halogens is 1. The molecular formula is C57H94ClN13O12P2. The average Bonchev–Trinajstić information content (AvgIpc) is 3.12. The first kappa shape index (κ1) is 68.1. The zero-order valence-electron chi connectivity index (χ0n) is 51.1. The molecule has 13 rings (SSSR count). The number of esters is 3. The molecule has 2 atom stereocenters. The summed E-state index contributed by atoms with van der Waals surface area (Å²) in [4.78, 5) is 80.0. The van der Waals surface area contributed by atoms with Crippen molar-refractivity contribution in [3.8, 4) is 0 Å². The van der Waals surface area contributed by atoms with Gasteiger partial charge in [-0.05, 0) is 189 Å². The van der Waals surface area contributed by atoms with E-state index in [1.165, 1.54) is 96.0 Å². The second-order valence-corrected chi connectivity index (χ2v) is 31.6. The van der Waals surface area contributed by atoms with Crippen LogP contribution >= 0.6 is 26.6 Å². The monoisotopic (exact) mass is 1250 g/mol. The Balaban J connectivity index is 0.000000233. The number of nitrogens with one attached hydrogen (secondary N) is 2. The number of fused-ring (bicyclic) bond motifs is 11. The van der Waals surface area contributed by atoms with E-state index >= 15 is 0 Å². The van der Waals surface area contributed by atoms with Crippen molar-refractivity contribution in [3.05, 3.63) is 25.3 Å². The lowest BCUT2D eigenvalue weighted by Gasteiger charge is -2.46. The molecule has 4 aromatic heterocycles. The molecule has 9 aliphatic carbocycles. The molecule has 0 spiro atoms. The molecule has 4 aromatic rings. The average molecular weight is 1250 g/mol. The summed E-state index contributed by atoms with van der Waals surface area (Å²) in [7, 11) is -7.97. The second kappa shape index (κ2) is 27.5. The highest BCUT2D eigenvalue weighted by atomic mass is 35.5. The van der Waals surface area contributed by atoms with Gasteiger partial charge in [0.15, 0.2) is 22.9 Å². The van der Waals surface area contributed by atoms with Crippen LogP contribution in [0.4, 0.5) is 11.6 Å². The van der Waals surface area contributed by atoms with Crippen LogP contribution in [-0.4, -0.2) is 127 Å². The van der Waals surface area contributed by atoms with E-state index in [2.05, 4.69) is 40.1 Å². The maximum absolute atomic E-state index is 14.9. The SMILES string of the molecule is CC(C)(Cl)C(=O)OCC12CCC(CC1)CC2.C[C@H](Cn1cnc2c(N)ncnc21)OCP(=O)(NC(C)(C)C(=O)OCC12CCC(CC1)CC2)NC(C)(C)C(=O)OCC12CCC(CC1)CC2.C[C@H](Cn1cnc2c(N)ncnc21)OCP(=O)(O)O.N. The molecule has 11 N–H and O–H groups in total. The van der Waals surface area contributed by atoms with E-state index in [4.69, 9.17) is 56.5 Å². The first-order chi connectivity index (χ1) is 39.4. The van der Waals surface area contributed by atoms with Gasteiger partial charge in [-0.1, -0.05) is 0 Å². The number of alkyl halides is 1. The van der Waals surface area contributed by atoms with Crippen LogP contribution in [-0.2, 0) is 60.3 Å². The Labute approximate surface area is 504 Å². The maximum Gasteiger partial charge on any atom is 0.350 e. The third kappa shape index (κ3) is 17.9. The summed E-state index contributed by atoms with van der Waals surface area (Å²) in [6.45, 7) is 15.6. The Kier molecular flexibility index (Phi) is 22.1. The molecule has 6 bridgehead atoms. The molecular weight excluding hydrogens is 1160 g/mol. The number of carbonyl (C=O) groups is 3. The third-order valence-corrected chi connectivity index (χ3v) is 21.5. The molecule has 9 fully saturated rings. The number of hydrogen-bond acceptors (Lipinski definition) is 19. The lowest BCUT2D eigenvalue weighted by atomic mass is 9.61. The van der Waals surface area contributed by atoms with Gasteiger partial charge in [-0.2, -0.15) is 0 Å². The molecule has 0 radical (unpaired) electrons. The number of carbonyl (C=O) groups excluding carboxylic acids is 3. The number of ether oxygens (including phenoxy) is 5. The molecule has 0 saturated heterocycles. The van der Waals surface area contributed by atoms with Crippen LogP contribution in [0.2, 0.25) is 0 Å². The fourth-order valence-corrected chi connectivity index (χ4v) is 16.3. The van der Waals surface area contributed by atoms with Crippen LogP contribution in [0.3, 0.4) is 0 Å². The number of hydrogen-bond donors (Lipinski definition) is 7. The minimum atomic E-state index is -4.16. The van der Waals surface area contributed by atoms with Crippen LogP contribution in [0.5, 0.6) is 0 Å². The van der Waals surface area contributed by atoms with Crippen molar-refractivity contribution < 1.29 is 57.0 Å². The van der Waals surface area contributed by atoms with Crippen LogP contribution in [0.1, 0.15) is 171 Å². The summed E-state index contributed by atoms with van der Waals surface area (Å²) in [6, 6.07) is 0. The standard InChI is InChI=1S/C35H56N7O6P.C13H21ClO2.C9H14N5O4P.H3N/c1-24(18-42-22-39-27-28(36)37-21-38-29(27)42)48-23-49(45,40-32(2,3)30(43)46-19-34-12-6-25(7-13-34)8-14-34)41-33(4,5)31(44)47-20-35-15-9-26(10-16-35)11-17-35;1-12(2,14)11(15)16-9-13-6-3-10(4-7-13)5-8-13;1-6(18-5-19(15,16)17)2-14-4-13-7-8(10)11-3-12-9(7)14;/h21-22,24-26H,6-20,23H2,1-5H3,(H2,36,37,38)(H2,40,41,45);10H,3-9H2,1-2H3;3-4,6H,2,5H2,1H3,(H2,10,11,12)(H2,15,16,17);1H3/t24-,25?,26?,34?,35?,49?;;6-;/m1.1./s1. The van der Waals surface area contributed by atoms with Gasteiger partial charge in [0.2, 0.25) is 7.44 Å². The van der Waals surface area contributed by atoms with Crippen molar-refractivity contribution in [2.45, 2.75) is 212 Å². The molecule has 0 aromatic carbocycles. The summed E-state index contributed by atoms with van der Waals surface area (Å²) in [6.07, 6.45) is 25.3. The van der Waals surface area contributed by atoms with E-state index in [1.54, 1.807) is 63.9 Å². The molecule has 476 valence electrons. The van der Waals surface area contributed by atoms with Crippen LogP contribution in [0.15, 0.2) is 25.3 Å². The van der Waals surface area contributed by atoms with E-state index in [-0.39, 0.29) is 46.3 Å². The Hall–Kier alpha value is -4.42. The Bertz CT molecular complexity index is 2910. The van der Waals surface area contributed by atoms with Crippen LogP contribution in [0, 0.1) is 34.0 Å². The lowest BCUT2D eigenvalue weighted by molar-refractivity contribution is -0.156. The fourth-order valence-electron chi connectivity index (χ4n) is 13.1. The van der Waals surface area contributed by atoms with Gasteiger partial charge in [0.25, 0.3) is 0 Å². The van der Waals surface area contributed by atoms with Gasteiger partial charge in [-0.25, -0.2) is 40.1 Å². The zero-order chi connectivity index (χ0) is 60.9. The van der Waals surface area contributed by atoms with Gasteiger partial charge in [-0.15, -0.1) is 11.6 Å². The highest BCUT2D eigenvalue weighted by Crippen LogP contribution is 2.53. The minimum Gasteiger partial charge on any atom is -0.464 e. The largest absolute Gasteiger partial charge is 0.464 e. The Morgan fingerprint density at radius 3 is 1.22 bits per heavy atom. The molecule has 0 aliphatic heterocycles. The first-order valence-electron chi connectivity index (χ1n) is 29.9. The molecule has 0 amide bonds. The normalized spacial score (nSPS) is 26.0. The third-order valence-electron chi connectivity index (χ3n) is 18.5. The van der Waals surface area contributed by atoms with Crippen molar-refractivity contribution in [2.75, 3.05) is 44.0 Å². The van der Waals surface area contributed by atoms with Crippen molar-refractivity contribution in [1.82, 2.24) is 55.4 Å². The molecule has 9 aliphatic rings. The van der Waals surface area contributed by atoms with Gasteiger partial charge < -0.3 is 60.2 Å². The number of anilines is 2. The fraction of sp³-hybridized carbons (Fsp3) is 0.772. The predicted molar refractivity (Wildman–Crippen MR) is 323 cm³/mol. The topological polar surface area (TPSA) is 370 Å². The molecule has 28 heteroatoms. The van der Waals surface area contributed by atoms with Gasteiger partial charge >= 0.3 is 25.5 Å².